The van der Waals surface area contributed by atoms with E-state index in [0.29, 0.717) is 37.0 Å². The van der Waals surface area contributed by atoms with Crippen LogP contribution in [0.2, 0.25) is 0 Å². The van der Waals surface area contributed by atoms with Crippen LogP contribution in [-0.2, 0) is 68.6 Å². The van der Waals surface area contributed by atoms with Gasteiger partial charge in [0.1, 0.15) is 67.3 Å². The van der Waals surface area contributed by atoms with Gasteiger partial charge in [0.25, 0.3) is 5.91 Å². The maximum atomic E-state index is 15.1. The van der Waals surface area contributed by atoms with Crippen LogP contribution in [0, 0.1) is 29.6 Å². The molecule has 3 N–H and O–H groups in total. The molecule has 1 aromatic carbocycles. The highest BCUT2D eigenvalue weighted by molar-refractivity contribution is 5.99. The van der Waals surface area contributed by atoms with E-state index < -0.39 is 162 Å². The average molecular weight is 1190 g/mol. The fraction of sp³-hybridized carbons (Fsp3) is 0.661. The topological polar surface area (TPSA) is 271 Å². The molecular weight excluding hydrogens is 1090 g/mol. The predicted octanol–water partition coefficient (Wildman–Crippen LogP) is 3.52. The van der Waals surface area contributed by atoms with Crippen LogP contribution in [0.3, 0.4) is 0 Å². The van der Waals surface area contributed by atoms with Gasteiger partial charge in [0.15, 0.2) is 6.10 Å². The number of esters is 2. The molecule has 2 saturated heterocycles. The van der Waals surface area contributed by atoms with E-state index in [9.17, 15) is 43.2 Å². The maximum Gasteiger partial charge on any atom is 0.329 e. The monoisotopic (exact) mass is 1190 g/mol. The van der Waals surface area contributed by atoms with Crippen molar-refractivity contribution in [1.82, 2.24) is 45.3 Å². The van der Waals surface area contributed by atoms with E-state index in [1.807, 2.05) is 13.8 Å². The first-order valence-corrected chi connectivity index (χ1v) is 29.7. The minimum atomic E-state index is -1.60. The third-order valence-electron chi connectivity index (χ3n) is 16.3. The number of amides is 9. The number of likely N-dealkylation sites (N-methyl/N-ethyl adjacent to an activating group) is 5. The highest BCUT2D eigenvalue weighted by Gasteiger charge is 2.46. The van der Waals surface area contributed by atoms with Gasteiger partial charge in [-0.2, -0.15) is 0 Å². The number of cyclic esters (lactones) is 1. The Hall–Kier alpha value is -7.33. The lowest BCUT2D eigenvalue weighted by molar-refractivity contribution is -0.165. The number of rotatable bonds is 16. The fourth-order valence-corrected chi connectivity index (χ4v) is 11.0. The zero-order valence-corrected chi connectivity index (χ0v) is 53.1. The molecule has 0 bridgehead atoms. The van der Waals surface area contributed by atoms with Crippen LogP contribution in [-0.4, -0.2) is 210 Å². The third kappa shape index (κ3) is 18.8. The van der Waals surface area contributed by atoms with Crippen molar-refractivity contribution in [1.29, 1.82) is 0 Å². The van der Waals surface area contributed by atoms with E-state index in [1.165, 1.54) is 62.9 Å². The summed E-state index contributed by atoms with van der Waals surface area (Å²) in [6, 6.07) is -3.63. The number of benzene rings is 1. The smallest absolute Gasteiger partial charge is 0.329 e. The Morgan fingerprint density at radius 1 is 0.635 bits per heavy atom. The summed E-state index contributed by atoms with van der Waals surface area (Å²) in [4.78, 5) is 167. The van der Waals surface area contributed by atoms with Crippen LogP contribution in [0.5, 0.6) is 5.75 Å². The number of nitrogens with one attached hydrogen (secondary N) is 3. The van der Waals surface area contributed by atoms with E-state index >= 15 is 9.59 Å². The molecular formula is C62H97N9O14. The minimum absolute atomic E-state index is 0.106. The van der Waals surface area contributed by atoms with Gasteiger partial charge in [0, 0.05) is 48.2 Å². The van der Waals surface area contributed by atoms with Crippen LogP contribution in [0.4, 0.5) is 0 Å². The third-order valence-corrected chi connectivity index (χ3v) is 16.3. The van der Waals surface area contributed by atoms with Crippen molar-refractivity contribution in [3.05, 3.63) is 55.1 Å². The highest BCUT2D eigenvalue weighted by Crippen LogP contribution is 2.27. The molecule has 2 unspecified atom stereocenters. The van der Waals surface area contributed by atoms with Crippen LogP contribution in [0.15, 0.2) is 49.6 Å². The van der Waals surface area contributed by atoms with Crippen molar-refractivity contribution < 1.29 is 67.0 Å². The SMILES string of the molecule is C=CCOC(=O)C[C@H]1C(=O)N(C)[C@@H](C(C)CC)C(=O)N(C)[C@@H](C(C)CC)C(=O)NCC(=O)N(C)[C@@H](C(C)C)C(=O)N[C@@H](Cc2ccc(OCC=C)cc2)C(=O)O[C@H](C)C(=O)N2CCCC[C@H]2C(=O)N(C)[C@@H](C(C)C)C(=O)N[C@@H](C(C)C)C(=O)N1C. The molecule has 9 amide bonds. The van der Waals surface area contributed by atoms with Gasteiger partial charge in [-0.25, -0.2) is 4.79 Å². The first-order valence-electron chi connectivity index (χ1n) is 29.7. The molecule has 0 radical (unpaired) electrons. The highest BCUT2D eigenvalue weighted by atomic mass is 16.6. The lowest BCUT2D eigenvalue weighted by Gasteiger charge is -2.41. The maximum absolute atomic E-state index is 15.1. The summed E-state index contributed by atoms with van der Waals surface area (Å²) in [6.07, 6.45) is 2.64. The predicted molar refractivity (Wildman–Crippen MR) is 320 cm³/mol. The van der Waals surface area contributed by atoms with Gasteiger partial charge >= 0.3 is 11.9 Å². The van der Waals surface area contributed by atoms with E-state index in [-0.39, 0.29) is 32.6 Å². The second kappa shape index (κ2) is 33.4. The Balaban J connectivity index is 2.30. The number of carbonyl (C=O) groups excluding carboxylic acids is 11. The molecule has 0 aliphatic carbocycles. The molecule has 2 fully saturated rings. The second-order valence-corrected chi connectivity index (χ2v) is 23.6. The zero-order valence-electron chi connectivity index (χ0n) is 53.1. The van der Waals surface area contributed by atoms with Gasteiger partial charge in [0.2, 0.25) is 47.3 Å². The summed E-state index contributed by atoms with van der Waals surface area (Å²) < 4.78 is 16.8. The van der Waals surface area contributed by atoms with Crippen LogP contribution in [0.25, 0.3) is 0 Å². The largest absolute Gasteiger partial charge is 0.490 e. The number of ether oxygens (including phenoxy) is 3. The number of hydrogen-bond donors (Lipinski definition) is 3. The molecule has 11 atom stereocenters. The number of hydrogen-bond acceptors (Lipinski definition) is 14. The first kappa shape index (κ1) is 71.9. The fourth-order valence-electron chi connectivity index (χ4n) is 11.0. The Kier molecular flexibility index (Phi) is 28.3. The molecule has 0 spiro atoms. The Bertz CT molecular complexity index is 2540. The number of nitrogens with zero attached hydrogens (tertiary/aromatic N) is 6. The van der Waals surface area contributed by atoms with Crippen molar-refractivity contribution in [2.45, 2.75) is 176 Å². The normalized spacial score (nSPS) is 25.7. The summed E-state index contributed by atoms with van der Waals surface area (Å²) >= 11 is 0. The molecule has 23 heteroatoms. The van der Waals surface area contributed by atoms with E-state index in [2.05, 4.69) is 29.1 Å². The Morgan fingerprint density at radius 3 is 1.73 bits per heavy atom. The van der Waals surface area contributed by atoms with Crippen LogP contribution >= 0.6 is 0 Å². The second-order valence-electron chi connectivity index (χ2n) is 23.6. The first-order chi connectivity index (χ1) is 39.9. The molecule has 2 aliphatic heterocycles. The van der Waals surface area contributed by atoms with Crippen molar-refractivity contribution in [3.8, 4) is 5.75 Å². The summed E-state index contributed by atoms with van der Waals surface area (Å²) in [5.74, 6) is -10.6. The standard InChI is InChI=1S/C62H97N9O14/c1-19-31-83-43-28-26-42(27-29-43)33-44-62(82)85-41(13)57(77)71-30-24-23-25-45(71)58(78)68(16)51(38(9)10)56(76)65-49(36(5)6)60(80)66(14)46(34-48(73)84-32-20-2)59(79)70(18)53(40(12)22-4)61(81)69(17)52(39(11)21-3)54(74)63-35-47(72)67(15)50(37(7)8)55(75)64-44/h19-20,26-29,36-41,44-46,49-53H,1-2,21-25,30-35H2,3-18H3,(H,63,74)(H,64,75)(H,65,76)/t39?,40?,41-,44+,45+,46+,49+,50+,51+,52+,53+/m1/s1. The Morgan fingerprint density at radius 2 is 1.18 bits per heavy atom. The van der Waals surface area contributed by atoms with Gasteiger partial charge in [0.05, 0.1) is 13.0 Å². The number of fused-ring (bicyclic) bond motifs is 1. The molecule has 2 heterocycles. The van der Waals surface area contributed by atoms with Crippen molar-refractivity contribution >= 4 is 65.1 Å². The molecule has 23 nitrogen and oxygen atoms in total. The van der Waals surface area contributed by atoms with Crippen LogP contribution in [0.1, 0.15) is 120 Å². The summed E-state index contributed by atoms with van der Waals surface area (Å²) in [7, 11) is 6.90. The van der Waals surface area contributed by atoms with Crippen molar-refractivity contribution in [2.75, 3.05) is 61.5 Å². The summed E-state index contributed by atoms with van der Waals surface area (Å²) in [5, 5.41) is 8.28. The van der Waals surface area contributed by atoms with Crippen molar-refractivity contribution in [2.24, 2.45) is 29.6 Å². The molecule has 0 saturated carbocycles. The molecule has 2 aliphatic rings. The van der Waals surface area contributed by atoms with E-state index in [0.717, 1.165) is 14.7 Å². The van der Waals surface area contributed by atoms with Crippen molar-refractivity contribution in [3.63, 3.8) is 0 Å². The van der Waals surface area contributed by atoms with Gasteiger partial charge in [-0.05, 0) is 73.5 Å². The minimum Gasteiger partial charge on any atom is -0.490 e. The molecule has 1 aromatic rings. The molecule has 474 valence electrons. The van der Waals surface area contributed by atoms with Gasteiger partial charge in [-0.15, -0.1) is 0 Å². The number of carbonyl (C=O) groups is 11. The average Bonchev–Trinajstić information content (AvgIpc) is 3.63. The lowest BCUT2D eigenvalue weighted by atomic mass is 9.92. The van der Waals surface area contributed by atoms with Crippen LogP contribution < -0.4 is 20.7 Å². The summed E-state index contributed by atoms with van der Waals surface area (Å²) in [6.45, 7) is 25.4. The molecule has 3 rings (SSSR count). The molecule has 0 aromatic heterocycles. The molecule has 85 heavy (non-hydrogen) atoms. The lowest BCUT2D eigenvalue weighted by Crippen LogP contribution is -2.63. The van der Waals surface area contributed by atoms with Gasteiger partial charge in [-0.1, -0.05) is 120 Å². The quantitative estimate of drug-likeness (QED) is 0.158. The van der Waals surface area contributed by atoms with Gasteiger partial charge < -0.3 is 59.6 Å². The number of piperidine rings is 1. The summed E-state index contributed by atoms with van der Waals surface area (Å²) in [5.41, 5.74) is 0.570. The van der Waals surface area contributed by atoms with E-state index in [4.69, 9.17) is 14.2 Å². The zero-order chi connectivity index (χ0) is 64.3. The van der Waals surface area contributed by atoms with Gasteiger partial charge in [-0.3, -0.25) is 47.9 Å². The van der Waals surface area contributed by atoms with E-state index in [1.54, 1.807) is 85.7 Å². The Labute approximate surface area is 503 Å².